The number of hydrogen-bond acceptors (Lipinski definition) is 3. The average Bonchev–Trinajstić information content (AvgIpc) is 2.94. The molecule has 122 valence electrons. The minimum absolute atomic E-state index is 0. The Kier molecular flexibility index (Phi) is 6.71. The number of rotatable bonds is 3. The van der Waals surface area contributed by atoms with Gasteiger partial charge in [0.15, 0.2) is 5.96 Å². The molecular weight excluding hydrogens is 383 g/mol. The van der Waals surface area contributed by atoms with Crippen molar-refractivity contribution in [2.75, 3.05) is 13.6 Å². The molecule has 2 heterocycles. The minimum atomic E-state index is -0.214. The van der Waals surface area contributed by atoms with Gasteiger partial charge >= 0.3 is 0 Å². The molecule has 3 atom stereocenters. The smallest absolute Gasteiger partial charge is 0.239 e. The van der Waals surface area contributed by atoms with Gasteiger partial charge in [0.05, 0.1) is 24.8 Å². The summed E-state index contributed by atoms with van der Waals surface area (Å²) >= 11 is 0. The number of amides is 1. The van der Waals surface area contributed by atoms with E-state index in [1.807, 2.05) is 20.8 Å². The molecule has 0 spiro atoms. The maximum atomic E-state index is 11.8. The number of nitrogens with zero attached hydrogens (tertiary/aromatic N) is 1. The second kappa shape index (κ2) is 7.62. The van der Waals surface area contributed by atoms with E-state index in [4.69, 9.17) is 4.74 Å². The summed E-state index contributed by atoms with van der Waals surface area (Å²) in [6.07, 6.45) is 4.01. The largest absolute Gasteiger partial charge is 0.373 e. The summed E-state index contributed by atoms with van der Waals surface area (Å²) in [6.45, 7) is 6.11. The number of halogens is 1. The van der Waals surface area contributed by atoms with Gasteiger partial charge in [-0.3, -0.25) is 9.79 Å². The van der Waals surface area contributed by atoms with Crippen molar-refractivity contribution < 1.29 is 9.53 Å². The number of aliphatic imine (C=N–C) groups is 1. The molecule has 3 N–H and O–H groups in total. The monoisotopic (exact) mass is 410 g/mol. The molecule has 0 aliphatic carbocycles. The van der Waals surface area contributed by atoms with Crippen LogP contribution in [0.5, 0.6) is 0 Å². The maximum Gasteiger partial charge on any atom is 0.239 e. The summed E-state index contributed by atoms with van der Waals surface area (Å²) in [6, 6.07) is 0.311. The molecule has 2 fully saturated rings. The van der Waals surface area contributed by atoms with Gasteiger partial charge in [-0.2, -0.15) is 0 Å². The Morgan fingerprint density at radius 2 is 2.05 bits per heavy atom. The molecule has 1 amide bonds. The van der Waals surface area contributed by atoms with Crippen LogP contribution in [0.2, 0.25) is 0 Å². The average molecular weight is 410 g/mol. The van der Waals surface area contributed by atoms with Crippen LogP contribution in [0.4, 0.5) is 0 Å². The van der Waals surface area contributed by atoms with E-state index in [0.29, 0.717) is 24.2 Å². The molecule has 2 saturated heterocycles. The highest BCUT2D eigenvalue weighted by molar-refractivity contribution is 14.0. The van der Waals surface area contributed by atoms with E-state index in [0.717, 1.165) is 12.8 Å². The molecule has 0 aromatic heterocycles. The lowest BCUT2D eigenvalue weighted by molar-refractivity contribution is -0.121. The van der Waals surface area contributed by atoms with Gasteiger partial charge in [0, 0.05) is 12.6 Å². The van der Waals surface area contributed by atoms with Crippen LogP contribution in [0.25, 0.3) is 0 Å². The van der Waals surface area contributed by atoms with Gasteiger partial charge in [-0.15, -0.1) is 24.0 Å². The fourth-order valence-corrected chi connectivity index (χ4v) is 2.79. The van der Waals surface area contributed by atoms with Gasteiger partial charge in [-0.25, -0.2) is 0 Å². The predicted molar refractivity (Wildman–Crippen MR) is 94.1 cm³/mol. The zero-order chi connectivity index (χ0) is 14.8. The fourth-order valence-electron chi connectivity index (χ4n) is 2.79. The Labute approximate surface area is 143 Å². The van der Waals surface area contributed by atoms with Gasteiger partial charge in [0.1, 0.15) is 0 Å². The van der Waals surface area contributed by atoms with E-state index < -0.39 is 0 Å². The first-order chi connectivity index (χ1) is 9.37. The Hall–Kier alpha value is -0.570. The Bertz CT molecular complexity index is 395. The van der Waals surface area contributed by atoms with E-state index >= 15 is 0 Å². The van der Waals surface area contributed by atoms with Crippen LogP contribution in [0, 0.1) is 0 Å². The van der Waals surface area contributed by atoms with Crippen LogP contribution >= 0.6 is 24.0 Å². The Morgan fingerprint density at radius 1 is 1.33 bits per heavy atom. The lowest BCUT2D eigenvalue weighted by atomic mass is 9.96. The predicted octanol–water partition coefficient (Wildman–Crippen LogP) is 1.00. The summed E-state index contributed by atoms with van der Waals surface area (Å²) < 4.78 is 5.80. The lowest BCUT2D eigenvalue weighted by Gasteiger charge is -2.24. The van der Waals surface area contributed by atoms with E-state index in [-0.39, 0.29) is 42.0 Å². The zero-order valence-corrected chi connectivity index (χ0v) is 15.6. The van der Waals surface area contributed by atoms with E-state index in [1.165, 1.54) is 6.42 Å². The molecule has 0 saturated carbocycles. The van der Waals surface area contributed by atoms with Crippen molar-refractivity contribution in [3.63, 3.8) is 0 Å². The van der Waals surface area contributed by atoms with Gasteiger partial charge in [0.2, 0.25) is 5.91 Å². The van der Waals surface area contributed by atoms with Crippen molar-refractivity contribution in [3.8, 4) is 0 Å². The SMILES string of the molecule is CN=C(NCC(=O)NC(C)(C)C)NC1CC2CCC1O2.I. The summed E-state index contributed by atoms with van der Waals surface area (Å²) in [5.74, 6) is 0.625. The van der Waals surface area contributed by atoms with Crippen LogP contribution in [0.3, 0.4) is 0 Å². The molecule has 3 unspecified atom stereocenters. The molecule has 2 rings (SSSR count). The number of guanidine groups is 1. The number of ether oxygens (including phenoxy) is 1. The zero-order valence-electron chi connectivity index (χ0n) is 13.2. The molecule has 2 bridgehead atoms. The number of carbonyl (C=O) groups is 1. The van der Waals surface area contributed by atoms with E-state index in [1.54, 1.807) is 7.05 Å². The molecular formula is C14H27IN4O2. The number of fused-ring (bicyclic) bond motifs is 2. The van der Waals surface area contributed by atoms with Crippen molar-refractivity contribution >= 4 is 35.8 Å². The van der Waals surface area contributed by atoms with Gasteiger partial charge in [-0.05, 0) is 40.0 Å². The normalized spacial score (nSPS) is 28.0. The highest BCUT2D eigenvalue weighted by Crippen LogP contribution is 2.34. The van der Waals surface area contributed by atoms with Gasteiger partial charge in [0.25, 0.3) is 0 Å². The van der Waals surface area contributed by atoms with Crippen LogP contribution < -0.4 is 16.0 Å². The van der Waals surface area contributed by atoms with Crippen molar-refractivity contribution in [1.82, 2.24) is 16.0 Å². The topological polar surface area (TPSA) is 74.8 Å². The van der Waals surface area contributed by atoms with E-state index in [9.17, 15) is 4.79 Å². The summed E-state index contributed by atoms with van der Waals surface area (Å²) in [5.41, 5.74) is -0.214. The van der Waals surface area contributed by atoms with Crippen LogP contribution in [-0.2, 0) is 9.53 Å². The van der Waals surface area contributed by atoms with Crippen molar-refractivity contribution in [2.45, 2.75) is 63.8 Å². The molecule has 7 heteroatoms. The first-order valence-corrected chi connectivity index (χ1v) is 7.31. The second-order valence-corrected chi connectivity index (χ2v) is 6.58. The number of nitrogens with one attached hydrogen (secondary N) is 3. The van der Waals surface area contributed by atoms with Crippen molar-refractivity contribution in [3.05, 3.63) is 0 Å². The summed E-state index contributed by atoms with van der Waals surface area (Å²) in [5, 5.41) is 9.31. The van der Waals surface area contributed by atoms with Crippen molar-refractivity contribution in [2.24, 2.45) is 4.99 Å². The van der Waals surface area contributed by atoms with Gasteiger partial charge in [-0.1, -0.05) is 0 Å². The molecule has 21 heavy (non-hydrogen) atoms. The summed E-state index contributed by atoms with van der Waals surface area (Å²) in [4.78, 5) is 15.9. The Balaban J connectivity index is 0.00000220. The lowest BCUT2D eigenvalue weighted by Crippen LogP contribution is -2.51. The molecule has 0 aromatic carbocycles. The van der Waals surface area contributed by atoms with E-state index in [2.05, 4.69) is 20.9 Å². The number of hydrogen-bond donors (Lipinski definition) is 3. The standard InChI is InChI=1S/C14H26N4O2.HI/c1-14(2,3)18-12(19)8-16-13(15-4)17-10-7-9-5-6-11(10)20-9;/h9-11H,5-8H2,1-4H3,(H,18,19)(H2,15,16,17);1H. The first kappa shape index (κ1) is 18.5. The van der Waals surface area contributed by atoms with Crippen LogP contribution in [0.1, 0.15) is 40.0 Å². The third-order valence-electron chi connectivity index (χ3n) is 3.58. The summed E-state index contributed by atoms with van der Waals surface area (Å²) in [7, 11) is 1.71. The first-order valence-electron chi connectivity index (χ1n) is 7.31. The second-order valence-electron chi connectivity index (χ2n) is 6.58. The third-order valence-corrected chi connectivity index (χ3v) is 3.58. The molecule has 2 aliphatic heterocycles. The molecule has 2 aliphatic rings. The van der Waals surface area contributed by atoms with Gasteiger partial charge < -0.3 is 20.7 Å². The number of carbonyl (C=O) groups excluding carboxylic acids is 1. The minimum Gasteiger partial charge on any atom is -0.373 e. The van der Waals surface area contributed by atoms with Crippen LogP contribution in [-0.4, -0.2) is 49.2 Å². The Morgan fingerprint density at radius 3 is 2.52 bits per heavy atom. The maximum absolute atomic E-state index is 11.8. The third kappa shape index (κ3) is 5.61. The van der Waals surface area contributed by atoms with Crippen molar-refractivity contribution in [1.29, 1.82) is 0 Å². The quantitative estimate of drug-likeness (QED) is 0.369. The fraction of sp³-hybridized carbons (Fsp3) is 0.857. The van der Waals surface area contributed by atoms with Crippen LogP contribution in [0.15, 0.2) is 4.99 Å². The molecule has 0 radical (unpaired) electrons. The molecule has 0 aromatic rings. The molecule has 6 nitrogen and oxygen atoms in total. The highest BCUT2D eigenvalue weighted by Gasteiger charge is 2.41. The highest BCUT2D eigenvalue weighted by atomic mass is 127.